The van der Waals surface area contributed by atoms with Crippen molar-refractivity contribution in [1.29, 1.82) is 0 Å². The third-order valence-corrected chi connectivity index (χ3v) is 3.03. The molecule has 1 aliphatic rings. The summed E-state index contributed by atoms with van der Waals surface area (Å²) in [4.78, 5) is 0. The van der Waals surface area contributed by atoms with E-state index in [2.05, 4.69) is 0 Å². The Labute approximate surface area is 149 Å². The highest BCUT2D eigenvalue weighted by atomic mass is 16.6. The lowest BCUT2D eigenvalue weighted by Crippen LogP contribution is -2.23. The zero-order valence-electron chi connectivity index (χ0n) is 14.9. The molecule has 25 heavy (non-hydrogen) atoms. The molecule has 0 radical (unpaired) electrons. The molecule has 0 aromatic carbocycles. The SMILES string of the molecule is OC1COCCOCCOCCOCCOCCOCCOCCO1. The molecule has 9 heteroatoms. The Morgan fingerprint density at radius 1 is 0.400 bits per heavy atom. The molecule has 9 nitrogen and oxygen atoms in total. The third-order valence-electron chi connectivity index (χ3n) is 3.03. The number of hydrogen-bond donors (Lipinski definition) is 1. The fourth-order valence-corrected chi connectivity index (χ4v) is 1.79. The molecule has 0 bridgehead atoms. The first-order valence-corrected chi connectivity index (χ1v) is 8.73. The molecule has 0 aromatic heterocycles. The van der Waals surface area contributed by atoms with Gasteiger partial charge in [0.25, 0.3) is 0 Å². The lowest BCUT2D eigenvalue weighted by Gasteiger charge is -2.13. The second kappa shape index (κ2) is 18.4. The van der Waals surface area contributed by atoms with E-state index in [1.54, 1.807) is 0 Å². The van der Waals surface area contributed by atoms with Crippen LogP contribution in [0, 0.1) is 0 Å². The van der Waals surface area contributed by atoms with E-state index in [-0.39, 0.29) is 6.61 Å². The Morgan fingerprint density at radius 3 is 1.04 bits per heavy atom. The van der Waals surface area contributed by atoms with E-state index in [0.29, 0.717) is 92.5 Å². The van der Waals surface area contributed by atoms with Crippen molar-refractivity contribution in [3.05, 3.63) is 0 Å². The predicted octanol–water partition coefficient (Wildman–Crippen LogP) is -0.549. The topological polar surface area (TPSA) is 94.1 Å². The van der Waals surface area contributed by atoms with Gasteiger partial charge in [0.1, 0.15) is 0 Å². The lowest BCUT2D eigenvalue weighted by molar-refractivity contribution is -0.149. The van der Waals surface area contributed by atoms with Crippen LogP contribution in [0.1, 0.15) is 0 Å². The van der Waals surface area contributed by atoms with Crippen molar-refractivity contribution in [2.45, 2.75) is 6.29 Å². The highest BCUT2D eigenvalue weighted by molar-refractivity contribution is 4.41. The van der Waals surface area contributed by atoms with Crippen LogP contribution >= 0.6 is 0 Å². The summed E-state index contributed by atoms with van der Waals surface area (Å²) in [5.41, 5.74) is 0. The van der Waals surface area contributed by atoms with Crippen LogP contribution in [-0.4, -0.2) is 110 Å². The number of rotatable bonds is 0. The van der Waals surface area contributed by atoms with Gasteiger partial charge in [0, 0.05) is 0 Å². The maximum Gasteiger partial charge on any atom is 0.178 e. The normalized spacial score (nSPS) is 26.5. The summed E-state index contributed by atoms with van der Waals surface area (Å²) in [6.45, 7) is 6.69. The minimum absolute atomic E-state index is 0.0975. The lowest BCUT2D eigenvalue weighted by atomic mass is 10.6. The average molecular weight is 368 g/mol. The Kier molecular flexibility index (Phi) is 16.7. The molecule has 0 spiro atoms. The van der Waals surface area contributed by atoms with Crippen LogP contribution in [-0.2, 0) is 37.9 Å². The molecule has 1 saturated heterocycles. The molecule has 150 valence electrons. The van der Waals surface area contributed by atoms with Gasteiger partial charge in [0.2, 0.25) is 0 Å². The number of ether oxygens (including phenoxy) is 8. The van der Waals surface area contributed by atoms with Gasteiger partial charge in [-0.2, -0.15) is 0 Å². The first kappa shape index (κ1) is 22.7. The number of aliphatic hydroxyl groups is 1. The Morgan fingerprint density at radius 2 is 0.680 bits per heavy atom. The standard InChI is InChI=1S/C16H32O9/c17-16-15-24-12-11-22-8-7-20-4-3-18-1-2-19-5-6-21-9-10-23-13-14-25-16/h16-17H,1-15H2. The zero-order chi connectivity index (χ0) is 17.8. The smallest absolute Gasteiger partial charge is 0.178 e. The zero-order valence-corrected chi connectivity index (χ0v) is 14.9. The largest absolute Gasteiger partial charge is 0.377 e. The van der Waals surface area contributed by atoms with E-state index in [1.165, 1.54) is 0 Å². The monoisotopic (exact) mass is 368 g/mol. The van der Waals surface area contributed by atoms with Gasteiger partial charge in [-0.1, -0.05) is 0 Å². The van der Waals surface area contributed by atoms with E-state index >= 15 is 0 Å². The molecule has 1 N–H and O–H groups in total. The molecule has 1 rings (SSSR count). The summed E-state index contributed by atoms with van der Waals surface area (Å²) in [5, 5.41) is 9.56. The van der Waals surface area contributed by atoms with Gasteiger partial charge >= 0.3 is 0 Å². The quantitative estimate of drug-likeness (QED) is 0.604. The van der Waals surface area contributed by atoms with Gasteiger partial charge in [0.05, 0.1) is 99.1 Å². The molecule has 0 aliphatic carbocycles. The van der Waals surface area contributed by atoms with Gasteiger partial charge in [-0.15, -0.1) is 0 Å². The van der Waals surface area contributed by atoms with Crippen molar-refractivity contribution in [3.8, 4) is 0 Å². The molecular formula is C16H32O9. The summed E-state index contributed by atoms with van der Waals surface area (Å²) in [7, 11) is 0. The highest BCUT2D eigenvalue weighted by Crippen LogP contribution is 1.91. The third kappa shape index (κ3) is 16.8. The molecule has 0 aromatic rings. The molecule has 1 unspecified atom stereocenters. The molecular weight excluding hydrogens is 336 g/mol. The summed E-state index contributed by atoms with van der Waals surface area (Å²) in [6, 6.07) is 0. The second-order valence-corrected chi connectivity index (χ2v) is 5.07. The average Bonchev–Trinajstić information content (AvgIpc) is 2.61. The van der Waals surface area contributed by atoms with E-state index < -0.39 is 6.29 Å². The molecule has 1 fully saturated rings. The summed E-state index contributed by atoms with van der Waals surface area (Å²) >= 11 is 0. The van der Waals surface area contributed by atoms with Crippen LogP contribution in [0.4, 0.5) is 0 Å². The van der Waals surface area contributed by atoms with Crippen molar-refractivity contribution < 1.29 is 43.0 Å². The van der Waals surface area contributed by atoms with Crippen molar-refractivity contribution in [2.24, 2.45) is 0 Å². The molecule has 0 amide bonds. The van der Waals surface area contributed by atoms with Crippen LogP contribution in [0.2, 0.25) is 0 Å². The molecule has 1 heterocycles. The van der Waals surface area contributed by atoms with Crippen molar-refractivity contribution in [3.63, 3.8) is 0 Å². The van der Waals surface area contributed by atoms with Gasteiger partial charge in [0.15, 0.2) is 6.29 Å². The fraction of sp³-hybridized carbons (Fsp3) is 1.00. The van der Waals surface area contributed by atoms with Crippen molar-refractivity contribution in [1.82, 2.24) is 0 Å². The predicted molar refractivity (Wildman–Crippen MR) is 87.7 cm³/mol. The molecule has 1 aliphatic heterocycles. The minimum Gasteiger partial charge on any atom is -0.377 e. The summed E-state index contributed by atoms with van der Waals surface area (Å²) in [6.07, 6.45) is -0.967. The van der Waals surface area contributed by atoms with E-state index in [0.717, 1.165) is 0 Å². The Bertz CT molecular complexity index is 244. The van der Waals surface area contributed by atoms with Crippen LogP contribution in [0.15, 0.2) is 0 Å². The van der Waals surface area contributed by atoms with Gasteiger partial charge in [-0.25, -0.2) is 0 Å². The fourth-order valence-electron chi connectivity index (χ4n) is 1.79. The van der Waals surface area contributed by atoms with Gasteiger partial charge in [-0.3, -0.25) is 0 Å². The Hall–Kier alpha value is -0.360. The van der Waals surface area contributed by atoms with Gasteiger partial charge in [-0.05, 0) is 0 Å². The highest BCUT2D eigenvalue weighted by Gasteiger charge is 2.04. The number of aliphatic hydroxyl groups excluding tert-OH is 1. The number of hydrogen-bond acceptors (Lipinski definition) is 9. The van der Waals surface area contributed by atoms with E-state index in [1.807, 2.05) is 0 Å². The maximum atomic E-state index is 9.56. The van der Waals surface area contributed by atoms with Crippen molar-refractivity contribution in [2.75, 3.05) is 99.1 Å². The maximum absolute atomic E-state index is 9.56. The molecule has 0 saturated carbocycles. The van der Waals surface area contributed by atoms with Crippen LogP contribution in [0.3, 0.4) is 0 Å². The van der Waals surface area contributed by atoms with Gasteiger partial charge < -0.3 is 43.0 Å². The van der Waals surface area contributed by atoms with Crippen LogP contribution in [0.25, 0.3) is 0 Å². The first-order chi connectivity index (χ1) is 12.4. The van der Waals surface area contributed by atoms with E-state index in [9.17, 15) is 5.11 Å². The Balaban J connectivity index is 2.07. The van der Waals surface area contributed by atoms with Crippen LogP contribution < -0.4 is 0 Å². The summed E-state index contributed by atoms with van der Waals surface area (Å²) < 4.78 is 42.5. The van der Waals surface area contributed by atoms with Crippen LogP contribution in [0.5, 0.6) is 0 Å². The molecule has 1 atom stereocenters. The van der Waals surface area contributed by atoms with Crippen molar-refractivity contribution >= 4 is 0 Å². The summed E-state index contributed by atoms with van der Waals surface area (Å²) in [5.74, 6) is 0. The first-order valence-electron chi connectivity index (χ1n) is 8.73. The minimum atomic E-state index is -0.967. The van der Waals surface area contributed by atoms with E-state index in [4.69, 9.17) is 37.9 Å². The second-order valence-electron chi connectivity index (χ2n) is 5.07.